The second kappa shape index (κ2) is 8.76. The Bertz CT molecular complexity index is 1180. The van der Waals surface area contributed by atoms with Crippen molar-refractivity contribution in [2.45, 2.75) is 13.0 Å². The van der Waals surface area contributed by atoms with Crippen molar-refractivity contribution in [2.24, 2.45) is 0 Å². The molecule has 3 aromatic carbocycles. The Kier molecular flexibility index (Phi) is 5.91. The second-order valence-electron chi connectivity index (χ2n) is 7.05. The maximum absolute atomic E-state index is 13.5. The maximum Gasteiger partial charge on any atom is 0.209 e. The zero-order chi connectivity index (χ0) is 21.1. The molecule has 0 N–H and O–H groups in total. The second-order valence-corrected chi connectivity index (χ2v) is 7.97. The Morgan fingerprint density at radius 2 is 1.60 bits per heavy atom. The van der Waals surface area contributed by atoms with Crippen molar-refractivity contribution >= 4 is 32.6 Å². The third kappa shape index (κ3) is 4.12. The van der Waals surface area contributed by atoms with Gasteiger partial charge < -0.3 is 14.0 Å². The number of ether oxygens (including phenoxy) is 2. The van der Waals surface area contributed by atoms with E-state index in [1.54, 1.807) is 32.4 Å². The number of nitrogens with zero attached hydrogens (tertiary/aromatic N) is 1. The third-order valence-corrected chi connectivity index (χ3v) is 5.67. The number of hydrogen-bond donors (Lipinski definition) is 0. The van der Waals surface area contributed by atoms with Crippen LogP contribution >= 0.6 is 15.9 Å². The Balaban J connectivity index is 1.78. The summed E-state index contributed by atoms with van der Waals surface area (Å²) in [4.78, 5) is 13.5. The van der Waals surface area contributed by atoms with E-state index in [1.807, 2.05) is 36.4 Å². The summed E-state index contributed by atoms with van der Waals surface area (Å²) < 4.78 is 13.8. The van der Waals surface area contributed by atoms with Crippen molar-refractivity contribution in [1.82, 2.24) is 4.57 Å². The minimum Gasteiger partial charge on any atom is -0.497 e. The highest BCUT2D eigenvalue weighted by Gasteiger charge is 2.19. The Morgan fingerprint density at radius 3 is 2.27 bits per heavy atom. The van der Waals surface area contributed by atoms with E-state index in [0.717, 1.165) is 21.8 Å². The van der Waals surface area contributed by atoms with Gasteiger partial charge in [0.15, 0.2) is 0 Å². The lowest BCUT2D eigenvalue weighted by atomic mass is 10.1. The molecule has 5 heteroatoms. The van der Waals surface area contributed by atoms with E-state index >= 15 is 0 Å². The zero-order valence-corrected chi connectivity index (χ0v) is 18.5. The molecule has 0 bridgehead atoms. The van der Waals surface area contributed by atoms with Gasteiger partial charge in [0, 0.05) is 33.6 Å². The van der Waals surface area contributed by atoms with Gasteiger partial charge in [0.2, 0.25) is 5.78 Å². The van der Waals surface area contributed by atoms with Crippen LogP contribution in [0.25, 0.3) is 10.9 Å². The van der Waals surface area contributed by atoms with Gasteiger partial charge in [0.1, 0.15) is 11.5 Å². The van der Waals surface area contributed by atoms with Crippen molar-refractivity contribution in [3.8, 4) is 11.5 Å². The number of benzene rings is 3. The van der Waals surface area contributed by atoms with Gasteiger partial charge in [0.05, 0.1) is 19.9 Å². The Hall–Kier alpha value is -3.05. The molecule has 0 unspecified atom stereocenters. The number of methoxy groups -OCH3 is 2. The number of fused-ring (bicyclic) bond motifs is 1. The lowest BCUT2D eigenvalue weighted by molar-refractivity contribution is 0.103. The summed E-state index contributed by atoms with van der Waals surface area (Å²) in [6.07, 6.45) is 0.832. The van der Waals surface area contributed by atoms with Crippen LogP contribution in [0.2, 0.25) is 0 Å². The minimum atomic E-state index is -0.0624. The number of halogens is 1. The van der Waals surface area contributed by atoms with Crippen LogP contribution in [0.4, 0.5) is 0 Å². The summed E-state index contributed by atoms with van der Waals surface area (Å²) in [5.74, 6) is 1.12. The highest BCUT2D eigenvalue weighted by atomic mass is 79.9. The molecular formula is C25H22BrNO3. The lowest BCUT2D eigenvalue weighted by Gasteiger charge is -2.12. The quantitative estimate of drug-likeness (QED) is 0.320. The van der Waals surface area contributed by atoms with Crippen molar-refractivity contribution in [2.75, 3.05) is 14.2 Å². The van der Waals surface area contributed by atoms with Crippen LogP contribution < -0.4 is 9.47 Å². The molecule has 0 amide bonds. The van der Waals surface area contributed by atoms with E-state index in [0.29, 0.717) is 29.3 Å². The molecule has 0 saturated carbocycles. The van der Waals surface area contributed by atoms with Crippen LogP contribution in [-0.2, 0) is 13.0 Å². The molecule has 30 heavy (non-hydrogen) atoms. The number of aromatic nitrogens is 1. The first-order valence-corrected chi connectivity index (χ1v) is 10.5. The SMILES string of the molecule is COc1cc(OC)cc(C(=O)c2cc3ccc(Br)cc3n2CCc2ccccc2)c1. The first-order chi connectivity index (χ1) is 14.6. The van der Waals surface area contributed by atoms with Crippen molar-refractivity contribution in [3.05, 3.63) is 94.1 Å². The third-order valence-electron chi connectivity index (χ3n) is 5.18. The van der Waals surface area contributed by atoms with Crippen LogP contribution in [0.1, 0.15) is 21.6 Å². The number of hydrogen-bond acceptors (Lipinski definition) is 3. The summed E-state index contributed by atoms with van der Waals surface area (Å²) in [6.45, 7) is 0.701. The lowest BCUT2D eigenvalue weighted by Crippen LogP contribution is -2.12. The Morgan fingerprint density at radius 1 is 0.900 bits per heavy atom. The highest BCUT2D eigenvalue weighted by Crippen LogP contribution is 2.29. The molecule has 0 aliphatic rings. The van der Waals surface area contributed by atoms with Gasteiger partial charge in [-0.15, -0.1) is 0 Å². The van der Waals surface area contributed by atoms with Crippen LogP contribution in [0.5, 0.6) is 11.5 Å². The number of carbonyl (C=O) groups is 1. The normalized spacial score (nSPS) is 10.9. The maximum atomic E-state index is 13.5. The van der Waals surface area contributed by atoms with E-state index in [-0.39, 0.29) is 5.78 Å². The first kappa shape index (κ1) is 20.2. The topological polar surface area (TPSA) is 40.5 Å². The zero-order valence-electron chi connectivity index (χ0n) is 16.9. The van der Waals surface area contributed by atoms with Gasteiger partial charge >= 0.3 is 0 Å². The number of aryl methyl sites for hydroxylation is 2. The average molecular weight is 464 g/mol. The number of carbonyl (C=O) groups excluding carboxylic acids is 1. The van der Waals surface area contributed by atoms with Gasteiger partial charge in [0.25, 0.3) is 0 Å². The number of ketones is 1. The Labute approximate surface area is 184 Å². The predicted octanol–water partition coefficient (Wildman–Crippen LogP) is 5.89. The van der Waals surface area contributed by atoms with E-state index in [1.165, 1.54) is 5.56 Å². The molecule has 4 rings (SSSR count). The highest BCUT2D eigenvalue weighted by molar-refractivity contribution is 9.10. The van der Waals surface area contributed by atoms with E-state index in [4.69, 9.17) is 9.47 Å². The fourth-order valence-electron chi connectivity index (χ4n) is 3.63. The van der Waals surface area contributed by atoms with E-state index < -0.39 is 0 Å². The number of rotatable bonds is 7. The van der Waals surface area contributed by atoms with E-state index in [9.17, 15) is 4.79 Å². The fraction of sp³-hybridized carbons (Fsp3) is 0.160. The molecule has 0 radical (unpaired) electrons. The van der Waals surface area contributed by atoms with Crippen LogP contribution in [0, 0.1) is 0 Å². The van der Waals surface area contributed by atoms with Crippen LogP contribution in [0.3, 0.4) is 0 Å². The molecule has 0 aliphatic heterocycles. The summed E-state index contributed by atoms with van der Waals surface area (Å²) in [5.41, 5.74) is 3.44. The summed E-state index contributed by atoms with van der Waals surface area (Å²) in [6, 6.07) is 23.6. The first-order valence-electron chi connectivity index (χ1n) is 9.69. The summed E-state index contributed by atoms with van der Waals surface area (Å²) >= 11 is 3.56. The largest absolute Gasteiger partial charge is 0.497 e. The van der Waals surface area contributed by atoms with Gasteiger partial charge in [-0.2, -0.15) is 0 Å². The molecule has 0 fully saturated rings. The summed E-state index contributed by atoms with van der Waals surface area (Å²) in [5, 5.41) is 1.03. The smallest absolute Gasteiger partial charge is 0.209 e. The molecule has 1 heterocycles. The fourth-order valence-corrected chi connectivity index (χ4v) is 3.98. The predicted molar refractivity (Wildman–Crippen MR) is 123 cm³/mol. The molecule has 4 aromatic rings. The molecule has 0 aliphatic carbocycles. The molecule has 0 atom stereocenters. The minimum absolute atomic E-state index is 0.0624. The van der Waals surface area contributed by atoms with Crippen LogP contribution in [0.15, 0.2) is 77.3 Å². The van der Waals surface area contributed by atoms with E-state index in [2.05, 4.69) is 38.7 Å². The van der Waals surface area contributed by atoms with Gasteiger partial charge in [-0.05, 0) is 42.3 Å². The van der Waals surface area contributed by atoms with Gasteiger partial charge in [-0.3, -0.25) is 4.79 Å². The van der Waals surface area contributed by atoms with Crippen molar-refractivity contribution < 1.29 is 14.3 Å². The standard InChI is InChI=1S/C25H22BrNO3/c1-29-21-12-19(13-22(16-21)30-2)25(28)24-14-18-8-9-20(26)15-23(18)27(24)11-10-17-6-4-3-5-7-17/h3-9,12-16H,10-11H2,1-2H3. The molecule has 152 valence electrons. The average Bonchev–Trinajstić information content (AvgIpc) is 3.14. The molecule has 4 nitrogen and oxygen atoms in total. The van der Waals surface area contributed by atoms with Gasteiger partial charge in [-0.1, -0.05) is 52.3 Å². The monoisotopic (exact) mass is 463 g/mol. The summed E-state index contributed by atoms with van der Waals surface area (Å²) in [7, 11) is 3.16. The van der Waals surface area contributed by atoms with Gasteiger partial charge in [-0.25, -0.2) is 0 Å². The van der Waals surface area contributed by atoms with Crippen molar-refractivity contribution in [3.63, 3.8) is 0 Å². The molecule has 1 aromatic heterocycles. The molecular weight excluding hydrogens is 442 g/mol. The van der Waals surface area contributed by atoms with Crippen molar-refractivity contribution in [1.29, 1.82) is 0 Å². The molecule has 0 saturated heterocycles. The van der Waals surface area contributed by atoms with Crippen LogP contribution in [-0.4, -0.2) is 24.6 Å². The molecule has 0 spiro atoms.